The first-order valence-corrected chi connectivity index (χ1v) is 8.78. The summed E-state index contributed by atoms with van der Waals surface area (Å²) in [7, 11) is 0. The molecule has 1 aromatic carbocycles. The number of hydrogen-bond acceptors (Lipinski definition) is 1. The third kappa shape index (κ3) is 2.68. The normalized spacial score (nSPS) is 31.8. The molecule has 3 aliphatic carbocycles. The van der Waals surface area contributed by atoms with Gasteiger partial charge < -0.3 is 5.32 Å². The van der Waals surface area contributed by atoms with Crippen molar-refractivity contribution in [2.75, 3.05) is 0 Å². The summed E-state index contributed by atoms with van der Waals surface area (Å²) < 4.78 is 0. The topological polar surface area (TPSA) is 29.1 Å². The van der Waals surface area contributed by atoms with Crippen LogP contribution in [0.25, 0.3) is 0 Å². The zero-order valence-corrected chi connectivity index (χ0v) is 14.4. The molecule has 0 saturated heterocycles. The maximum atomic E-state index is 13.0. The zero-order chi connectivity index (χ0) is 15.9. The fourth-order valence-electron chi connectivity index (χ4n) is 4.80. The van der Waals surface area contributed by atoms with Crippen LogP contribution in [0, 0.1) is 31.1 Å². The SMILES string of the molecule is Cc1ccc(C(C)NC(=O)C2(C)CC3CCC2CC3)c(C)c1. The van der Waals surface area contributed by atoms with Crippen molar-refractivity contribution in [1.29, 1.82) is 0 Å². The molecule has 22 heavy (non-hydrogen) atoms. The molecule has 3 fully saturated rings. The van der Waals surface area contributed by atoms with Crippen LogP contribution in [0.15, 0.2) is 18.2 Å². The van der Waals surface area contributed by atoms with E-state index in [1.807, 2.05) is 0 Å². The Kier molecular flexibility index (Phi) is 4.05. The van der Waals surface area contributed by atoms with E-state index in [1.165, 1.54) is 42.4 Å². The predicted octanol–water partition coefficient (Wildman–Crippen LogP) is 4.70. The van der Waals surface area contributed by atoms with Gasteiger partial charge in [0.2, 0.25) is 5.91 Å². The van der Waals surface area contributed by atoms with Gasteiger partial charge in [0.05, 0.1) is 6.04 Å². The van der Waals surface area contributed by atoms with Crippen LogP contribution in [0.3, 0.4) is 0 Å². The van der Waals surface area contributed by atoms with E-state index in [-0.39, 0.29) is 17.4 Å². The molecule has 0 spiro atoms. The Labute approximate surface area is 134 Å². The summed E-state index contributed by atoms with van der Waals surface area (Å²) >= 11 is 0. The van der Waals surface area contributed by atoms with Gasteiger partial charge in [0.25, 0.3) is 0 Å². The van der Waals surface area contributed by atoms with Crippen LogP contribution >= 0.6 is 0 Å². The Morgan fingerprint density at radius 3 is 2.45 bits per heavy atom. The number of amides is 1. The number of hydrogen-bond donors (Lipinski definition) is 1. The molecule has 1 amide bonds. The van der Waals surface area contributed by atoms with Crippen molar-refractivity contribution in [3.63, 3.8) is 0 Å². The number of benzene rings is 1. The summed E-state index contributed by atoms with van der Waals surface area (Å²) in [4.78, 5) is 13.0. The van der Waals surface area contributed by atoms with E-state index in [9.17, 15) is 4.79 Å². The number of rotatable bonds is 3. The predicted molar refractivity (Wildman–Crippen MR) is 90.6 cm³/mol. The van der Waals surface area contributed by atoms with Crippen LogP contribution in [0.2, 0.25) is 0 Å². The lowest BCUT2D eigenvalue weighted by Crippen LogP contribution is -2.50. The van der Waals surface area contributed by atoms with Crippen LogP contribution in [-0.2, 0) is 4.79 Å². The van der Waals surface area contributed by atoms with Gasteiger partial charge in [-0.15, -0.1) is 0 Å². The Morgan fingerprint density at radius 1 is 1.23 bits per heavy atom. The lowest BCUT2D eigenvalue weighted by atomic mass is 9.56. The van der Waals surface area contributed by atoms with Crippen LogP contribution in [0.4, 0.5) is 0 Å². The monoisotopic (exact) mass is 299 g/mol. The summed E-state index contributed by atoms with van der Waals surface area (Å²) in [6.45, 7) is 8.56. The average Bonchev–Trinajstić information content (AvgIpc) is 2.47. The second-order valence-corrected chi connectivity index (χ2v) is 7.89. The lowest BCUT2D eigenvalue weighted by Gasteiger charge is -2.49. The molecule has 2 atom stereocenters. The molecule has 2 bridgehead atoms. The largest absolute Gasteiger partial charge is 0.349 e. The fourth-order valence-corrected chi connectivity index (χ4v) is 4.80. The minimum absolute atomic E-state index is 0.0883. The van der Waals surface area contributed by atoms with Crippen LogP contribution < -0.4 is 5.32 Å². The summed E-state index contributed by atoms with van der Waals surface area (Å²) in [6, 6.07) is 6.58. The van der Waals surface area contributed by atoms with Gasteiger partial charge in [-0.25, -0.2) is 0 Å². The maximum absolute atomic E-state index is 13.0. The molecule has 3 aliphatic rings. The van der Waals surface area contributed by atoms with E-state index in [2.05, 4.69) is 51.2 Å². The van der Waals surface area contributed by atoms with Crippen LogP contribution in [0.5, 0.6) is 0 Å². The van der Waals surface area contributed by atoms with Crippen LogP contribution in [-0.4, -0.2) is 5.91 Å². The van der Waals surface area contributed by atoms with Crippen molar-refractivity contribution in [2.45, 2.75) is 65.8 Å². The molecule has 120 valence electrons. The summed E-state index contributed by atoms with van der Waals surface area (Å²) in [6.07, 6.45) is 6.24. The van der Waals surface area contributed by atoms with Crippen molar-refractivity contribution in [1.82, 2.24) is 5.32 Å². The average molecular weight is 299 g/mol. The van der Waals surface area contributed by atoms with Crippen molar-refractivity contribution in [3.8, 4) is 0 Å². The highest BCUT2D eigenvalue weighted by Gasteiger charge is 2.49. The van der Waals surface area contributed by atoms with E-state index in [1.54, 1.807) is 0 Å². The zero-order valence-electron chi connectivity index (χ0n) is 14.4. The second kappa shape index (κ2) is 5.72. The molecule has 1 N–H and O–H groups in total. The van der Waals surface area contributed by atoms with E-state index in [0.29, 0.717) is 5.92 Å². The first-order valence-electron chi connectivity index (χ1n) is 8.78. The Morgan fingerprint density at radius 2 is 1.91 bits per heavy atom. The quantitative estimate of drug-likeness (QED) is 0.861. The standard InChI is InChI=1S/C20H29NO/c1-13-5-10-18(14(2)11-13)15(3)21-19(22)20(4)12-16-6-8-17(20)9-7-16/h5,10-11,15-17H,6-9,12H2,1-4H3,(H,21,22). The first kappa shape index (κ1) is 15.6. The summed E-state index contributed by atoms with van der Waals surface area (Å²) in [5.41, 5.74) is 3.64. The molecule has 0 heterocycles. The highest BCUT2D eigenvalue weighted by Crippen LogP contribution is 2.52. The van der Waals surface area contributed by atoms with Crippen molar-refractivity contribution in [3.05, 3.63) is 34.9 Å². The molecule has 4 rings (SSSR count). The van der Waals surface area contributed by atoms with Gasteiger partial charge in [-0.2, -0.15) is 0 Å². The number of carbonyl (C=O) groups excluding carboxylic acids is 1. The first-order chi connectivity index (χ1) is 10.4. The Bertz CT molecular complexity index is 571. The second-order valence-electron chi connectivity index (χ2n) is 7.89. The van der Waals surface area contributed by atoms with Crippen molar-refractivity contribution in [2.24, 2.45) is 17.3 Å². The molecular weight excluding hydrogens is 270 g/mol. The van der Waals surface area contributed by atoms with E-state index < -0.39 is 0 Å². The molecule has 0 radical (unpaired) electrons. The Balaban J connectivity index is 1.73. The van der Waals surface area contributed by atoms with Gasteiger partial charge >= 0.3 is 0 Å². The number of fused-ring (bicyclic) bond motifs is 3. The third-order valence-electron chi connectivity index (χ3n) is 6.22. The highest BCUT2D eigenvalue weighted by molar-refractivity contribution is 5.83. The van der Waals surface area contributed by atoms with Gasteiger partial charge in [0.1, 0.15) is 0 Å². The molecule has 2 unspecified atom stereocenters. The van der Waals surface area contributed by atoms with Crippen molar-refractivity contribution < 1.29 is 4.79 Å². The highest BCUT2D eigenvalue weighted by atomic mass is 16.2. The smallest absolute Gasteiger partial charge is 0.226 e. The minimum atomic E-state index is -0.145. The van der Waals surface area contributed by atoms with Gasteiger partial charge in [0.15, 0.2) is 0 Å². The number of aryl methyl sites for hydroxylation is 2. The Hall–Kier alpha value is -1.31. The molecule has 0 aliphatic heterocycles. The molecule has 2 heteroatoms. The number of nitrogens with one attached hydrogen (secondary N) is 1. The van der Waals surface area contributed by atoms with Gasteiger partial charge in [0, 0.05) is 5.41 Å². The summed E-state index contributed by atoms with van der Waals surface area (Å²) in [5.74, 6) is 1.63. The molecular formula is C20H29NO. The molecule has 2 nitrogen and oxygen atoms in total. The lowest BCUT2D eigenvalue weighted by molar-refractivity contribution is -0.140. The van der Waals surface area contributed by atoms with Gasteiger partial charge in [-0.1, -0.05) is 43.5 Å². The molecule has 3 saturated carbocycles. The van der Waals surface area contributed by atoms with E-state index >= 15 is 0 Å². The molecule has 0 aromatic heterocycles. The van der Waals surface area contributed by atoms with Gasteiger partial charge in [-0.3, -0.25) is 4.79 Å². The van der Waals surface area contributed by atoms with E-state index in [0.717, 1.165) is 12.3 Å². The maximum Gasteiger partial charge on any atom is 0.226 e. The summed E-state index contributed by atoms with van der Waals surface area (Å²) in [5, 5.41) is 3.31. The van der Waals surface area contributed by atoms with E-state index in [4.69, 9.17) is 0 Å². The van der Waals surface area contributed by atoms with Crippen molar-refractivity contribution >= 4 is 5.91 Å². The molecule has 1 aromatic rings. The van der Waals surface area contributed by atoms with Gasteiger partial charge in [-0.05, 0) is 63.0 Å². The number of carbonyl (C=O) groups is 1. The third-order valence-corrected chi connectivity index (χ3v) is 6.22. The fraction of sp³-hybridized carbons (Fsp3) is 0.650. The minimum Gasteiger partial charge on any atom is -0.349 e. The van der Waals surface area contributed by atoms with Crippen LogP contribution in [0.1, 0.15) is 68.7 Å².